The van der Waals surface area contributed by atoms with Crippen LogP contribution in [0.3, 0.4) is 0 Å². The van der Waals surface area contributed by atoms with Gasteiger partial charge in [0.25, 0.3) is 5.69 Å². The molecule has 0 saturated heterocycles. The van der Waals surface area contributed by atoms with Gasteiger partial charge in [-0.15, -0.1) is 0 Å². The average Bonchev–Trinajstić information content (AvgIpc) is 2.17. The van der Waals surface area contributed by atoms with E-state index in [0.29, 0.717) is 17.9 Å². The third-order valence-corrected chi connectivity index (χ3v) is 2.67. The highest BCUT2D eigenvalue weighted by molar-refractivity contribution is 14.1. The fourth-order valence-corrected chi connectivity index (χ4v) is 1.48. The number of nitrogens with zero attached hydrogens (tertiary/aromatic N) is 1. The van der Waals surface area contributed by atoms with E-state index >= 15 is 0 Å². The van der Waals surface area contributed by atoms with Crippen LogP contribution in [0.5, 0.6) is 5.75 Å². The van der Waals surface area contributed by atoms with Gasteiger partial charge in [0.1, 0.15) is 5.75 Å². The normalized spacial score (nSPS) is 10.0. The van der Waals surface area contributed by atoms with E-state index in [1.807, 2.05) is 0 Å². The van der Waals surface area contributed by atoms with Crippen LogP contribution in [0, 0.1) is 17.0 Å². The number of nitro groups is 1. The fraction of sp³-hybridized carbons (Fsp3) is 0.400. The summed E-state index contributed by atoms with van der Waals surface area (Å²) in [6.45, 7) is 2.36. The first-order valence-electron chi connectivity index (χ1n) is 4.59. The summed E-state index contributed by atoms with van der Waals surface area (Å²) in [6.07, 6.45) is 0.983. The van der Waals surface area contributed by atoms with Crippen molar-refractivity contribution in [1.82, 2.24) is 0 Å². The molecule has 5 heteroatoms. The molecule has 0 bridgehead atoms. The van der Waals surface area contributed by atoms with Gasteiger partial charge in [0, 0.05) is 16.1 Å². The molecule has 1 aromatic rings. The molecule has 0 aliphatic heterocycles. The molecule has 0 spiro atoms. The van der Waals surface area contributed by atoms with Crippen LogP contribution in [0.15, 0.2) is 18.2 Å². The van der Waals surface area contributed by atoms with Crippen LogP contribution in [-0.2, 0) is 0 Å². The number of hydrogen-bond acceptors (Lipinski definition) is 3. The first-order valence-corrected chi connectivity index (χ1v) is 6.11. The minimum Gasteiger partial charge on any atom is -0.494 e. The molecule has 0 amide bonds. The number of rotatable bonds is 5. The van der Waals surface area contributed by atoms with Gasteiger partial charge >= 0.3 is 0 Å². The third-order valence-electron chi connectivity index (χ3n) is 1.91. The van der Waals surface area contributed by atoms with E-state index < -0.39 is 0 Å². The summed E-state index contributed by atoms with van der Waals surface area (Å²) in [4.78, 5) is 10.2. The molecule has 0 heterocycles. The van der Waals surface area contributed by atoms with Crippen LogP contribution in [-0.4, -0.2) is 16.0 Å². The van der Waals surface area contributed by atoms with E-state index in [-0.39, 0.29) is 10.6 Å². The summed E-state index contributed by atoms with van der Waals surface area (Å²) in [5.41, 5.74) is 0.767. The Morgan fingerprint density at radius 2 is 2.27 bits per heavy atom. The molecule has 0 saturated carbocycles. The lowest BCUT2D eigenvalue weighted by Gasteiger charge is -2.05. The van der Waals surface area contributed by atoms with Crippen LogP contribution >= 0.6 is 22.6 Å². The second kappa shape index (κ2) is 5.89. The van der Waals surface area contributed by atoms with Crippen LogP contribution in [0.4, 0.5) is 5.69 Å². The molecule has 0 atom stereocenters. The molecule has 1 rings (SSSR count). The zero-order chi connectivity index (χ0) is 11.3. The zero-order valence-corrected chi connectivity index (χ0v) is 10.6. The van der Waals surface area contributed by atoms with Crippen LogP contribution < -0.4 is 4.74 Å². The van der Waals surface area contributed by atoms with Gasteiger partial charge < -0.3 is 4.74 Å². The summed E-state index contributed by atoms with van der Waals surface area (Å²) >= 11 is 2.28. The molecule has 82 valence electrons. The first-order chi connectivity index (χ1) is 7.15. The highest BCUT2D eigenvalue weighted by atomic mass is 127. The van der Waals surface area contributed by atoms with Gasteiger partial charge in [-0.2, -0.15) is 0 Å². The molecule has 1 aromatic carbocycles. The largest absolute Gasteiger partial charge is 0.494 e. The lowest BCUT2D eigenvalue weighted by atomic mass is 10.2. The Bertz CT molecular complexity index is 355. The average molecular weight is 321 g/mol. The lowest BCUT2D eigenvalue weighted by Crippen LogP contribution is -1.98. The van der Waals surface area contributed by atoms with Crippen molar-refractivity contribution in [2.75, 3.05) is 11.0 Å². The highest BCUT2D eigenvalue weighted by Gasteiger charge is 2.10. The first kappa shape index (κ1) is 12.2. The van der Waals surface area contributed by atoms with Crippen molar-refractivity contribution in [3.05, 3.63) is 33.9 Å². The van der Waals surface area contributed by atoms with Crippen molar-refractivity contribution in [3.8, 4) is 5.75 Å². The maximum absolute atomic E-state index is 10.6. The molecule has 0 radical (unpaired) electrons. The van der Waals surface area contributed by atoms with E-state index in [4.69, 9.17) is 4.74 Å². The van der Waals surface area contributed by atoms with Crippen LogP contribution in [0.25, 0.3) is 0 Å². The van der Waals surface area contributed by atoms with Gasteiger partial charge in [0.15, 0.2) is 0 Å². The Hall–Kier alpha value is -0.850. The molecular weight excluding hydrogens is 309 g/mol. The topological polar surface area (TPSA) is 52.4 Å². The van der Waals surface area contributed by atoms with Crippen molar-refractivity contribution in [1.29, 1.82) is 0 Å². The summed E-state index contributed by atoms with van der Waals surface area (Å²) in [6, 6.07) is 4.82. The standard InChI is InChI=1S/C10H12INO3/c1-8-7-9(15-6-2-5-11)3-4-10(8)12(13)14/h3-4,7H,2,5-6H2,1H3. The van der Waals surface area contributed by atoms with Crippen molar-refractivity contribution in [2.45, 2.75) is 13.3 Å². The molecule has 0 aliphatic carbocycles. The Balaban J connectivity index is 2.69. The zero-order valence-electron chi connectivity index (χ0n) is 8.40. The molecule has 0 fully saturated rings. The van der Waals surface area contributed by atoms with Crippen LogP contribution in [0.1, 0.15) is 12.0 Å². The number of ether oxygens (including phenoxy) is 1. The van der Waals surface area contributed by atoms with E-state index in [9.17, 15) is 10.1 Å². The Morgan fingerprint density at radius 3 is 2.80 bits per heavy atom. The minimum absolute atomic E-state index is 0.135. The van der Waals surface area contributed by atoms with E-state index in [2.05, 4.69) is 22.6 Å². The Kier molecular flexibility index (Phi) is 4.80. The second-order valence-electron chi connectivity index (χ2n) is 3.10. The van der Waals surface area contributed by atoms with E-state index in [0.717, 1.165) is 10.8 Å². The molecular formula is C10H12INO3. The van der Waals surface area contributed by atoms with Crippen molar-refractivity contribution >= 4 is 28.3 Å². The summed E-state index contributed by atoms with van der Waals surface area (Å²) in [5.74, 6) is 0.697. The highest BCUT2D eigenvalue weighted by Crippen LogP contribution is 2.23. The van der Waals surface area contributed by atoms with Gasteiger partial charge in [0.05, 0.1) is 11.5 Å². The van der Waals surface area contributed by atoms with E-state index in [1.54, 1.807) is 19.1 Å². The van der Waals surface area contributed by atoms with Crippen molar-refractivity contribution in [3.63, 3.8) is 0 Å². The SMILES string of the molecule is Cc1cc(OCCCI)ccc1[N+](=O)[O-]. The van der Waals surface area contributed by atoms with Gasteiger partial charge in [-0.3, -0.25) is 10.1 Å². The number of nitro benzene ring substituents is 1. The molecule has 0 aromatic heterocycles. The van der Waals surface area contributed by atoms with Crippen molar-refractivity contribution in [2.24, 2.45) is 0 Å². The van der Waals surface area contributed by atoms with Gasteiger partial charge in [-0.1, -0.05) is 22.6 Å². The number of benzene rings is 1. The third kappa shape index (κ3) is 3.65. The maximum atomic E-state index is 10.6. The van der Waals surface area contributed by atoms with Gasteiger partial charge in [-0.25, -0.2) is 0 Å². The van der Waals surface area contributed by atoms with Gasteiger partial charge in [0.2, 0.25) is 0 Å². The molecule has 0 unspecified atom stereocenters. The maximum Gasteiger partial charge on any atom is 0.272 e. The predicted octanol–water partition coefficient (Wildman–Crippen LogP) is 3.11. The smallest absolute Gasteiger partial charge is 0.272 e. The van der Waals surface area contributed by atoms with Crippen molar-refractivity contribution < 1.29 is 9.66 Å². The quantitative estimate of drug-likeness (QED) is 0.275. The summed E-state index contributed by atoms with van der Waals surface area (Å²) in [7, 11) is 0. The monoisotopic (exact) mass is 321 g/mol. The Labute approximate surface area is 102 Å². The molecule has 15 heavy (non-hydrogen) atoms. The lowest BCUT2D eigenvalue weighted by molar-refractivity contribution is -0.385. The van der Waals surface area contributed by atoms with E-state index in [1.165, 1.54) is 6.07 Å². The van der Waals surface area contributed by atoms with Crippen LogP contribution in [0.2, 0.25) is 0 Å². The number of halogens is 1. The minimum atomic E-state index is -0.385. The Morgan fingerprint density at radius 1 is 1.53 bits per heavy atom. The fourth-order valence-electron chi connectivity index (χ4n) is 1.17. The molecule has 0 N–H and O–H groups in total. The number of hydrogen-bond donors (Lipinski definition) is 0. The van der Waals surface area contributed by atoms with Gasteiger partial charge in [-0.05, 0) is 25.5 Å². The molecule has 0 aliphatic rings. The molecule has 4 nitrogen and oxygen atoms in total. The summed E-state index contributed by atoms with van der Waals surface area (Å²) in [5, 5.41) is 10.6. The number of alkyl halides is 1. The summed E-state index contributed by atoms with van der Waals surface area (Å²) < 4.78 is 6.48. The predicted molar refractivity (Wildman–Crippen MR) is 66.8 cm³/mol. The number of aryl methyl sites for hydroxylation is 1. The second-order valence-corrected chi connectivity index (χ2v) is 4.18.